The van der Waals surface area contributed by atoms with Gasteiger partial charge in [-0.05, 0) is 13.8 Å². The Bertz CT molecular complexity index is 184. The van der Waals surface area contributed by atoms with E-state index in [2.05, 4.69) is 0 Å². The van der Waals surface area contributed by atoms with Crippen LogP contribution in [0.15, 0.2) is 0 Å². The summed E-state index contributed by atoms with van der Waals surface area (Å²) in [6, 6.07) is -0.287. The average molecular weight is 167 g/mol. The van der Waals surface area contributed by atoms with Gasteiger partial charge in [0, 0.05) is 0 Å². The van der Waals surface area contributed by atoms with Gasteiger partial charge in [0.2, 0.25) is 0 Å². The predicted molar refractivity (Wildman–Crippen MR) is 34.0 cm³/mol. The van der Waals surface area contributed by atoms with Crippen LogP contribution in [0.3, 0.4) is 0 Å². The molecule has 1 atom stereocenters. The summed E-state index contributed by atoms with van der Waals surface area (Å²) >= 11 is 0. The molecular weight excluding hydrogens is 158 g/mol. The quantitative estimate of drug-likeness (QED) is 0.536. The van der Waals surface area contributed by atoms with Gasteiger partial charge in [-0.25, -0.2) is 0 Å². The Hall–Kier alpha value is -0.750. The predicted octanol–water partition coefficient (Wildman–Crippen LogP) is -1.08. The molecule has 0 aromatic heterocycles. The van der Waals surface area contributed by atoms with Crippen LogP contribution >= 0.6 is 0 Å². The maximum Gasteiger partial charge on any atom is 0.425 e. The zero-order valence-corrected chi connectivity index (χ0v) is 6.51. The van der Waals surface area contributed by atoms with Gasteiger partial charge in [0.1, 0.15) is 5.78 Å². The van der Waals surface area contributed by atoms with Crippen molar-refractivity contribution in [1.82, 2.24) is 0 Å². The highest BCUT2D eigenvalue weighted by molar-refractivity contribution is 7.59. The van der Waals surface area contributed by atoms with Crippen LogP contribution in [0.4, 0.5) is 0 Å². The van der Waals surface area contributed by atoms with Crippen molar-refractivity contribution in [1.29, 1.82) is 0 Å². The Morgan fingerprint density at radius 3 is 1.50 bits per heavy atom. The molecule has 5 nitrogen and oxygen atoms in total. The van der Waals surface area contributed by atoms with E-state index >= 15 is 0 Å². The van der Waals surface area contributed by atoms with E-state index < -0.39 is 10.6 Å². The van der Waals surface area contributed by atoms with Crippen molar-refractivity contribution < 1.29 is 17.4 Å². The van der Waals surface area contributed by atoms with Crippen molar-refractivity contribution in [2.45, 2.75) is 19.9 Å². The molecule has 0 aromatic carbocycles. The molecule has 0 radical (unpaired) electrons. The molecule has 2 N–H and O–H groups in total. The van der Waals surface area contributed by atoms with Crippen LogP contribution in [0.5, 0.6) is 0 Å². The molecule has 0 saturated heterocycles. The fraction of sp³-hybridized carbons (Fsp3) is 0.750. The third-order valence-corrected chi connectivity index (χ3v) is 0.641. The Morgan fingerprint density at radius 2 is 1.50 bits per heavy atom. The van der Waals surface area contributed by atoms with Gasteiger partial charge in [-0.1, -0.05) is 0 Å². The van der Waals surface area contributed by atoms with Crippen LogP contribution in [-0.4, -0.2) is 24.5 Å². The molecule has 0 amide bonds. The molecular formula is C4H9NO4S. The summed E-state index contributed by atoms with van der Waals surface area (Å²) in [6.07, 6.45) is 0. The van der Waals surface area contributed by atoms with Crippen LogP contribution in [0.1, 0.15) is 13.8 Å². The molecule has 0 aliphatic rings. The van der Waals surface area contributed by atoms with Crippen molar-refractivity contribution in [3.05, 3.63) is 0 Å². The molecule has 0 aliphatic heterocycles. The lowest BCUT2D eigenvalue weighted by molar-refractivity contribution is -0.117. The lowest BCUT2D eigenvalue weighted by Crippen LogP contribution is -2.23. The normalized spacial score (nSPS) is 10.7. The molecule has 0 aliphatic carbocycles. The van der Waals surface area contributed by atoms with Gasteiger partial charge in [-0.3, -0.25) is 4.79 Å². The third kappa shape index (κ3) is 26.8. The second-order valence-electron chi connectivity index (χ2n) is 1.60. The van der Waals surface area contributed by atoms with Crippen molar-refractivity contribution >= 4 is 16.4 Å². The minimum Gasteiger partial charge on any atom is -0.322 e. The van der Waals surface area contributed by atoms with Crippen molar-refractivity contribution in [3.63, 3.8) is 0 Å². The number of hydrogen-bond acceptors (Lipinski definition) is 5. The van der Waals surface area contributed by atoms with Gasteiger partial charge >= 0.3 is 10.6 Å². The monoisotopic (exact) mass is 167 g/mol. The van der Waals surface area contributed by atoms with Gasteiger partial charge in [0.05, 0.1) is 6.04 Å². The first-order valence-electron chi connectivity index (χ1n) is 2.40. The van der Waals surface area contributed by atoms with Crippen LogP contribution in [0.25, 0.3) is 0 Å². The SMILES string of the molecule is CC(=O)[C@H](C)N.O=S(=O)=O. The van der Waals surface area contributed by atoms with Crippen LogP contribution in [-0.2, 0) is 15.4 Å². The smallest absolute Gasteiger partial charge is 0.322 e. The average Bonchev–Trinajstić information content (AvgIpc) is 1.63. The minimum atomic E-state index is -3.11. The molecule has 0 heterocycles. The number of carbonyl (C=O) groups excluding carboxylic acids is 1. The molecule has 0 unspecified atom stereocenters. The first kappa shape index (κ1) is 12.0. The molecule has 0 rings (SSSR count). The van der Waals surface area contributed by atoms with Gasteiger partial charge in [-0.15, -0.1) is 12.6 Å². The summed E-state index contributed by atoms with van der Waals surface area (Å²) < 4.78 is 25.3. The maximum absolute atomic E-state index is 10.0. The number of Topliss-reactive ketones (excluding diaryl/α,β-unsaturated/α-hetero) is 1. The Balaban J connectivity index is 0. The van der Waals surface area contributed by atoms with E-state index in [9.17, 15) is 4.79 Å². The summed E-state index contributed by atoms with van der Waals surface area (Å²) in [7, 11) is -3.11. The Morgan fingerprint density at radius 1 is 1.40 bits per heavy atom. The molecule has 0 saturated carbocycles. The molecule has 0 bridgehead atoms. The molecule has 0 spiro atoms. The molecule has 0 aromatic rings. The van der Waals surface area contributed by atoms with Gasteiger partial charge in [0.15, 0.2) is 0 Å². The highest BCUT2D eigenvalue weighted by atomic mass is 32.2. The van der Waals surface area contributed by atoms with Crippen LogP contribution < -0.4 is 5.73 Å². The molecule has 60 valence electrons. The summed E-state index contributed by atoms with van der Waals surface area (Å²) in [4.78, 5) is 10.0. The Kier molecular flexibility index (Phi) is 7.63. The molecule has 6 heteroatoms. The zero-order valence-electron chi connectivity index (χ0n) is 5.70. The van der Waals surface area contributed by atoms with Gasteiger partial charge < -0.3 is 5.73 Å². The summed E-state index contributed by atoms with van der Waals surface area (Å²) in [5.74, 6) is 0.0370. The van der Waals surface area contributed by atoms with E-state index in [4.69, 9.17) is 18.4 Å². The van der Waals surface area contributed by atoms with E-state index in [-0.39, 0.29) is 11.8 Å². The van der Waals surface area contributed by atoms with Crippen LogP contribution in [0, 0.1) is 0 Å². The third-order valence-electron chi connectivity index (χ3n) is 0.641. The molecule has 10 heavy (non-hydrogen) atoms. The molecule has 0 fully saturated rings. The van der Waals surface area contributed by atoms with Crippen LogP contribution in [0.2, 0.25) is 0 Å². The summed E-state index contributed by atoms with van der Waals surface area (Å²) in [5.41, 5.74) is 5.09. The minimum absolute atomic E-state index is 0.0370. The number of hydrogen-bond donors (Lipinski definition) is 1. The first-order chi connectivity index (χ1) is 4.37. The highest BCUT2D eigenvalue weighted by Gasteiger charge is 1.95. The standard InChI is InChI=1S/C4H9NO.O3S/c1-3(5)4(2)6;1-4(2)3/h3H,5H2,1-2H3;/t3-;/m0./s1. The van der Waals surface area contributed by atoms with E-state index in [0.717, 1.165) is 0 Å². The number of carbonyl (C=O) groups is 1. The lowest BCUT2D eigenvalue weighted by Gasteiger charge is -1.91. The highest BCUT2D eigenvalue weighted by Crippen LogP contribution is 1.72. The Labute approximate surface area is 60.3 Å². The lowest BCUT2D eigenvalue weighted by atomic mass is 10.3. The van der Waals surface area contributed by atoms with E-state index in [1.807, 2.05) is 0 Å². The first-order valence-corrected chi connectivity index (χ1v) is 3.40. The fourth-order valence-corrected chi connectivity index (χ4v) is 0. The van der Waals surface area contributed by atoms with Crippen molar-refractivity contribution in [2.75, 3.05) is 0 Å². The number of ketones is 1. The van der Waals surface area contributed by atoms with Gasteiger partial charge in [-0.2, -0.15) is 0 Å². The van der Waals surface area contributed by atoms with Gasteiger partial charge in [0.25, 0.3) is 0 Å². The zero-order chi connectivity index (χ0) is 8.73. The van der Waals surface area contributed by atoms with Crippen molar-refractivity contribution in [3.8, 4) is 0 Å². The van der Waals surface area contributed by atoms with Crippen molar-refractivity contribution in [2.24, 2.45) is 5.73 Å². The number of rotatable bonds is 1. The summed E-state index contributed by atoms with van der Waals surface area (Å²) in [5, 5.41) is 0. The second kappa shape index (κ2) is 6.37. The number of nitrogens with two attached hydrogens (primary N) is 1. The maximum atomic E-state index is 10.0. The van der Waals surface area contributed by atoms with E-state index in [0.29, 0.717) is 0 Å². The summed E-state index contributed by atoms with van der Waals surface area (Å²) in [6.45, 7) is 3.15. The van der Waals surface area contributed by atoms with E-state index in [1.54, 1.807) is 6.92 Å². The fourth-order valence-electron chi connectivity index (χ4n) is 0. The topological polar surface area (TPSA) is 94.3 Å². The second-order valence-corrected chi connectivity index (χ2v) is 2.01. The van der Waals surface area contributed by atoms with E-state index in [1.165, 1.54) is 6.92 Å². The largest absolute Gasteiger partial charge is 0.425 e.